The second kappa shape index (κ2) is 13.0. The Bertz CT molecular complexity index is 1360. The summed E-state index contributed by atoms with van der Waals surface area (Å²) < 4.78 is 7.48. The molecule has 0 aliphatic carbocycles. The summed E-state index contributed by atoms with van der Waals surface area (Å²) in [6.45, 7) is 5.62. The monoisotopic (exact) mass is 562 g/mol. The smallest absolute Gasteiger partial charge is 0.308 e. The lowest BCUT2D eigenvalue weighted by atomic mass is 9.83. The highest BCUT2D eigenvalue weighted by atomic mass is 16.5. The highest BCUT2D eigenvalue weighted by Gasteiger charge is 2.47. The topological polar surface area (TPSA) is 121 Å². The van der Waals surface area contributed by atoms with Gasteiger partial charge in [0.2, 0.25) is 5.91 Å². The van der Waals surface area contributed by atoms with Crippen LogP contribution < -0.4 is 10.5 Å². The molecule has 1 aromatic heterocycles. The molecule has 1 fully saturated rings. The fourth-order valence-corrected chi connectivity index (χ4v) is 6.53. The number of fused-ring (bicyclic) bond motifs is 2. The number of likely N-dealkylation sites (tertiary alicyclic amines) is 1. The number of benzene rings is 2. The number of nitrogens with zero attached hydrogens (tertiary/aromatic N) is 3. The molecule has 9 nitrogen and oxygen atoms in total. The first-order chi connectivity index (χ1) is 19.9. The van der Waals surface area contributed by atoms with Gasteiger partial charge in [0.25, 0.3) is 0 Å². The molecule has 0 radical (unpaired) electrons. The summed E-state index contributed by atoms with van der Waals surface area (Å²) in [6, 6.07) is 13.3. The standard InChI is InChI=1S/C32H42N4O5/c1-2-3-14-34(15-6-13-33)29(37)21-36-20-26(22-9-10-28-23(18-22)12-17-41-28)30(32(39)40)27(36)11-16-35-19-24-7-4-5-8-25(24)31(35)38/h4-5,7-10,18-19,26-27,30,38H,2-3,6,11-17,20-21,33H2,1H3,(H,39,40)/t26-,27+,30-/m1/s1. The number of hydrogen-bond donors (Lipinski definition) is 3. The molecule has 3 heterocycles. The molecule has 5 rings (SSSR count). The summed E-state index contributed by atoms with van der Waals surface area (Å²) in [6.07, 6.45) is 5.84. The van der Waals surface area contributed by atoms with Crippen LogP contribution in [0.25, 0.3) is 10.8 Å². The van der Waals surface area contributed by atoms with Crippen LogP contribution in [0.2, 0.25) is 0 Å². The van der Waals surface area contributed by atoms with Crippen LogP contribution in [-0.2, 0) is 22.6 Å². The molecule has 41 heavy (non-hydrogen) atoms. The van der Waals surface area contributed by atoms with Gasteiger partial charge in [0.1, 0.15) is 5.75 Å². The van der Waals surface area contributed by atoms with Crippen molar-refractivity contribution < 1.29 is 24.5 Å². The maximum atomic E-state index is 13.6. The molecule has 1 saturated heterocycles. The Labute approximate surface area is 241 Å². The molecule has 1 amide bonds. The molecule has 4 N–H and O–H groups in total. The molecule has 2 aliphatic heterocycles. The zero-order chi connectivity index (χ0) is 28.9. The molecule has 0 unspecified atom stereocenters. The number of carbonyl (C=O) groups excluding carboxylic acids is 1. The average molecular weight is 563 g/mol. The van der Waals surface area contributed by atoms with E-state index in [2.05, 4.69) is 17.9 Å². The molecule has 0 saturated carbocycles. The van der Waals surface area contributed by atoms with Crippen molar-refractivity contribution >= 4 is 22.6 Å². The molecule has 0 bridgehead atoms. The van der Waals surface area contributed by atoms with Gasteiger partial charge in [0.15, 0.2) is 5.88 Å². The van der Waals surface area contributed by atoms with Crippen molar-refractivity contribution in [3.05, 3.63) is 59.8 Å². The van der Waals surface area contributed by atoms with Crippen LogP contribution in [0.5, 0.6) is 11.6 Å². The molecular formula is C32H42N4O5. The van der Waals surface area contributed by atoms with Crippen LogP contribution in [0.1, 0.15) is 49.7 Å². The number of ether oxygens (including phenoxy) is 1. The largest absolute Gasteiger partial charge is 0.494 e. The zero-order valence-electron chi connectivity index (χ0n) is 23.9. The molecule has 220 valence electrons. The van der Waals surface area contributed by atoms with Crippen molar-refractivity contribution in [2.24, 2.45) is 11.7 Å². The summed E-state index contributed by atoms with van der Waals surface area (Å²) in [7, 11) is 0. The first kappa shape index (κ1) is 29.0. The Morgan fingerprint density at radius 1 is 1.15 bits per heavy atom. The van der Waals surface area contributed by atoms with Crippen LogP contribution in [0.4, 0.5) is 0 Å². The Balaban J connectivity index is 1.43. The second-order valence-corrected chi connectivity index (χ2v) is 11.3. The number of hydrogen-bond acceptors (Lipinski definition) is 6. The zero-order valence-corrected chi connectivity index (χ0v) is 23.9. The summed E-state index contributed by atoms with van der Waals surface area (Å²) in [5.74, 6) is -0.761. The predicted molar refractivity (Wildman–Crippen MR) is 158 cm³/mol. The summed E-state index contributed by atoms with van der Waals surface area (Å²) in [5.41, 5.74) is 7.83. The summed E-state index contributed by atoms with van der Waals surface area (Å²) in [5, 5.41) is 23.1. The van der Waals surface area contributed by atoms with E-state index < -0.39 is 11.9 Å². The number of nitrogens with two attached hydrogens (primary N) is 1. The lowest BCUT2D eigenvalue weighted by Gasteiger charge is -2.30. The van der Waals surface area contributed by atoms with Crippen molar-refractivity contribution in [2.45, 2.75) is 57.5 Å². The highest BCUT2D eigenvalue weighted by Crippen LogP contribution is 2.41. The van der Waals surface area contributed by atoms with Crippen molar-refractivity contribution in [2.75, 3.05) is 39.3 Å². The van der Waals surface area contributed by atoms with Gasteiger partial charge in [0, 0.05) is 61.5 Å². The van der Waals surface area contributed by atoms with Crippen molar-refractivity contribution in [3.63, 3.8) is 0 Å². The molecule has 2 aliphatic rings. The number of aromatic nitrogens is 1. The average Bonchev–Trinajstić information content (AvgIpc) is 3.67. The van der Waals surface area contributed by atoms with E-state index in [1.807, 2.05) is 47.5 Å². The van der Waals surface area contributed by atoms with Gasteiger partial charge in [-0.05, 0) is 49.1 Å². The Morgan fingerprint density at radius 3 is 2.71 bits per heavy atom. The van der Waals surface area contributed by atoms with Crippen molar-refractivity contribution in [3.8, 4) is 11.6 Å². The van der Waals surface area contributed by atoms with Gasteiger partial charge in [-0.1, -0.05) is 43.7 Å². The molecular weight excluding hydrogens is 520 g/mol. The number of aromatic hydroxyl groups is 1. The van der Waals surface area contributed by atoms with Gasteiger partial charge < -0.3 is 30.2 Å². The highest BCUT2D eigenvalue weighted by molar-refractivity contribution is 5.87. The number of carbonyl (C=O) groups is 2. The SMILES string of the molecule is CCCCN(CCCN)C(=O)CN1C[C@H](c2ccc3c(c2)CCO3)[C@@H](C(=O)O)[C@@H]1CCn1cc2ccccc2c1O. The minimum atomic E-state index is -0.862. The minimum Gasteiger partial charge on any atom is -0.494 e. The Morgan fingerprint density at radius 2 is 1.95 bits per heavy atom. The third-order valence-corrected chi connectivity index (χ3v) is 8.71. The van der Waals surface area contributed by atoms with E-state index in [0.29, 0.717) is 45.8 Å². The van der Waals surface area contributed by atoms with Crippen LogP contribution in [-0.4, -0.2) is 81.8 Å². The van der Waals surface area contributed by atoms with E-state index in [9.17, 15) is 19.8 Å². The third-order valence-electron chi connectivity index (χ3n) is 8.71. The number of aryl methyl sites for hydroxylation is 1. The molecule has 9 heteroatoms. The van der Waals surface area contributed by atoms with Gasteiger partial charge in [-0.3, -0.25) is 14.5 Å². The van der Waals surface area contributed by atoms with E-state index >= 15 is 0 Å². The van der Waals surface area contributed by atoms with E-state index in [1.165, 1.54) is 0 Å². The van der Waals surface area contributed by atoms with Crippen molar-refractivity contribution in [1.29, 1.82) is 0 Å². The third kappa shape index (κ3) is 6.21. The first-order valence-electron chi connectivity index (χ1n) is 14.9. The van der Waals surface area contributed by atoms with Crippen LogP contribution in [0, 0.1) is 5.92 Å². The number of unbranched alkanes of at least 4 members (excludes halogenated alkanes) is 1. The maximum Gasteiger partial charge on any atom is 0.308 e. The Hall–Kier alpha value is -3.56. The van der Waals surface area contributed by atoms with Crippen molar-refractivity contribution in [1.82, 2.24) is 14.4 Å². The molecule has 0 spiro atoms. The fraction of sp³-hybridized carbons (Fsp3) is 0.500. The number of rotatable bonds is 13. The van der Waals surface area contributed by atoms with E-state index in [-0.39, 0.29) is 30.3 Å². The number of amides is 1. The first-order valence-corrected chi connectivity index (χ1v) is 14.9. The van der Waals surface area contributed by atoms with Gasteiger partial charge in [0.05, 0.1) is 19.1 Å². The number of carboxylic acids is 1. The normalized spacial score (nSPS) is 20.3. The Kier molecular flexibility index (Phi) is 9.15. The van der Waals surface area contributed by atoms with E-state index in [1.54, 1.807) is 4.57 Å². The maximum absolute atomic E-state index is 13.6. The van der Waals surface area contributed by atoms with Gasteiger partial charge in [-0.25, -0.2) is 0 Å². The predicted octanol–water partition coefficient (Wildman–Crippen LogP) is 3.82. The summed E-state index contributed by atoms with van der Waals surface area (Å²) >= 11 is 0. The quantitative estimate of drug-likeness (QED) is 0.290. The number of aliphatic carboxylic acids is 1. The van der Waals surface area contributed by atoms with Crippen LogP contribution >= 0.6 is 0 Å². The van der Waals surface area contributed by atoms with Gasteiger partial charge >= 0.3 is 5.97 Å². The van der Waals surface area contributed by atoms with Crippen LogP contribution in [0.15, 0.2) is 48.7 Å². The van der Waals surface area contributed by atoms with E-state index in [0.717, 1.165) is 53.3 Å². The minimum absolute atomic E-state index is 0.0126. The van der Waals surface area contributed by atoms with Gasteiger partial charge in [-0.2, -0.15) is 0 Å². The molecule has 3 atom stereocenters. The van der Waals surface area contributed by atoms with Gasteiger partial charge in [-0.15, -0.1) is 0 Å². The lowest BCUT2D eigenvalue weighted by Crippen LogP contribution is -2.45. The second-order valence-electron chi connectivity index (χ2n) is 11.3. The lowest BCUT2D eigenvalue weighted by molar-refractivity contribution is -0.144. The van der Waals surface area contributed by atoms with Crippen LogP contribution in [0.3, 0.4) is 0 Å². The number of carboxylic acid groups (broad SMARTS) is 1. The summed E-state index contributed by atoms with van der Waals surface area (Å²) in [4.78, 5) is 30.4. The molecule has 3 aromatic rings. The molecule has 2 aromatic carbocycles. The van der Waals surface area contributed by atoms with E-state index in [4.69, 9.17) is 10.5 Å². The fourth-order valence-electron chi connectivity index (χ4n) is 6.53.